The predicted molar refractivity (Wildman–Crippen MR) is 112 cm³/mol. The van der Waals surface area contributed by atoms with Gasteiger partial charge in [0.1, 0.15) is 12.4 Å². The van der Waals surface area contributed by atoms with Crippen LogP contribution >= 0.6 is 0 Å². The van der Waals surface area contributed by atoms with Crippen LogP contribution in [-0.4, -0.2) is 13.0 Å². The van der Waals surface area contributed by atoms with Crippen molar-refractivity contribution in [3.8, 4) is 11.5 Å². The van der Waals surface area contributed by atoms with E-state index in [-0.39, 0.29) is 23.7 Å². The molecule has 164 valence electrons. The van der Waals surface area contributed by atoms with Crippen LogP contribution in [0, 0.1) is 5.82 Å². The number of halogens is 4. The number of ether oxygens (including phenoxy) is 2. The molecular weight excluding hydrogens is 426 g/mol. The lowest BCUT2D eigenvalue weighted by Gasteiger charge is -2.12. The monoisotopic (exact) mass is 443 g/mol. The molecule has 1 heterocycles. The third-order valence-corrected chi connectivity index (χ3v) is 4.91. The molecule has 1 aliphatic rings. The number of rotatable bonds is 5. The fraction of sp³-hybridized carbons (Fsp3) is 0.125. The number of carbonyl (C=O) groups excluding carboxylic acids is 1. The van der Waals surface area contributed by atoms with E-state index in [4.69, 9.17) is 9.47 Å². The van der Waals surface area contributed by atoms with E-state index in [0.29, 0.717) is 28.2 Å². The van der Waals surface area contributed by atoms with Crippen LogP contribution < -0.4 is 14.8 Å². The zero-order valence-electron chi connectivity index (χ0n) is 16.8. The summed E-state index contributed by atoms with van der Waals surface area (Å²) in [7, 11) is 1.46. The first-order chi connectivity index (χ1) is 15.2. The van der Waals surface area contributed by atoms with E-state index in [1.165, 1.54) is 25.3 Å². The van der Waals surface area contributed by atoms with Crippen LogP contribution in [0.1, 0.15) is 22.3 Å². The summed E-state index contributed by atoms with van der Waals surface area (Å²) in [6.45, 7) is 0.131. The summed E-state index contributed by atoms with van der Waals surface area (Å²) in [5.41, 5.74) is 1.14. The molecule has 0 fully saturated rings. The molecule has 32 heavy (non-hydrogen) atoms. The highest BCUT2D eigenvalue weighted by atomic mass is 19.4. The summed E-state index contributed by atoms with van der Waals surface area (Å²) in [5, 5.41) is 2.47. The third-order valence-electron chi connectivity index (χ3n) is 4.91. The number of anilines is 1. The molecule has 4 rings (SSSR count). The number of hydrogen-bond donors (Lipinski definition) is 1. The van der Waals surface area contributed by atoms with Gasteiger partial charge in [0.2, 0.25) is 0 Å². The molecule has 4 nitrogen and oxygen atoms in total. The van der Waals surface area contributed by atoms with Crippen molar-refractivity contribution in [3.05, 3.63) is 88.7 Å². The second-order valence-corrected chi connectivity index (χ2v) is 7.10. The third kappa shape index (κ3) is 4.44. The Bertz CT molecular complexity index is 1220. The lowest BCUT2D eigenvalue weighted by atomic mass is 10.0. The normalized spacial score (nSPS) is 14.3. The Labute approximate surface area is 181 Å². The quantitative estimate of drug-likeness (QED) is 0.393. The van der Waals surface area contributed by atoms with Gasteiger partial charge in [0.15, 0.2) is 11.5 Å². The van der Waals surface area contributed by atoms with Crippen LogP contribution in [-0.2, 0) is 17.6 Å². The smallest absolute Gasteiger partial charge is 0.416 e. The van der Waals surface area contributed by atoms with Crippen molar-refractivity contribution in [2.75, 3.05) is 12.4 Å². The molecule has 0 bridgehead atoms. The number of nitrogens with one attached hydrogen (secondary N) is 1. The molecule has 0 atom stereocenters. The molecular formula is C24H17F4NO3. The number of carbonyl (C=O) groups is 1. The summed E-state index contributed by atoms with van der Waals surface area (Å²) < 4.78 is 63.2. The second kappa shape index (κ2) is 8.37. The fourth-order valence-electron chi connectivity index (χ4n) is 3.36. The van der Waals surface area contributed by atoms with Gasteiger partial charge >= 0.3 is 6.18 Å². The largest absolute Gasteiger partial charge is 0.493 e. The van der Waals surface area contributed by atoms with Gasteiger partial charge in [-0.25, -0.2) is 4.39 Å². The molecule has 0 radical (unpaired) electrons. The lowest BCUT2D eigenvalue weighted by molar-refractivity contribution is -0.137. The molecule has 3 aromatic carbocycles. The SMILES string of the molecule is COc1cc(/C=C2\C(=O)Nc3cc(C(F)(F)F)ccc32)ccc1OCc1cccc(F)c1. The zero-order chi connectivity index (χ0) is 22.9. The van der Waals surface area contributed by atoms with Crippen molar-refractivity contribution in [2.45, 2.75) is 12.8 Å². The Morgan fingerprint density at radius 1 is 1.00 bits per heavy atom. The van der Waals surface area contributed by atoms with E-state index in [9.17, 15) is 22.4 Å². The van der Waals surface area contributed by atoms with E-state index in [2.05, 4.69) is 5.32 Å². The van der Waals surface area contributed by atoms with Gasteiger partial charge in [-0.05, 0) is 53.6 Å². The minimum absolute atomic E-state index is 0.109. The van der Waals surface area contributed by atoms with Crippen LogP contribution in [0.25, 0.3) is 11.6 Å². The predicted octanol–water partition coefficient (Wildman–Crippen LogP) is 5.92. The molecule has 0 aromatic heterocycles. The Morgan fingerprint density at radius 2 is 1.81 bits per heavy atom. The summed E-state index contributed by atoms with van der Waals surface area (Å²) in [6, 6.07) is 14.1. The maximum Gasteiger partial charge on any atom is 0.416 e. The van der Waals surface area contributed by atoms with Crippen molar-refractivity contribution < 1.29 is 31.8 Å². The molecule has 0 saturated heterocycles. The topological polar surface area (TPSA) is 47.6 Å². The van der Waals surface area contributed by atoms with E-state index >= 15 is 0 Å². The van der Waals surface area contributed by atoms with E-state index < -0.39 is 17.6 Å². The summed E-state index contributed by atoms with van der Waals surface area (Å²) in [5.74, 6) is -0.0472. The number of alkyl halides is 3. The molecule has 1 N–H and O–H groups in total. The molecule has 0 unspecified atom stereocenters. The first-order valence-electron chi connectivity index (χ1n) is 9.54. The molecule has 8 heteroatoms. The van der Waals surface area contributed by atoms with Gasteiger partial charge in [-0.15, -0.1) is 0 Å². The van der Waals surface area contributed by atoms with Crippen LogP contribution in [0.2, 0.25) is 0 Å². The van der Waals surface area contributed by atoms with Crippen molar-refractivity contribution >= 4 is 23.2 Å². The van der Waals surface area contributed by atoms with Gasteiger partial charge in [-0.3, -0.25) is 4.79 Å². The standard InChI is InChI=1S/C24H17F4NO3/c1-31-22-11-14(5-8-21(22)32-13-15-3-2-4-17(25)9-15)10-19-18-7-6-16(24(26,27)28)12-20(18)29-23(19)30/h2-12H,13H2,1H3,(H,29,30)/b19-10-. The van der Waals surface area contributed by atoms with Gasteiger partial charge in [0, 0.05) is 16.8 Å². The highest BCUT2D eigenvalue weighted by molar-refractivity contribution is 6.34. The Morgan fingerprint density at radius 3 is 2.53 bits per heavy atom. The highest BCUT2D eigenvalue weighted by Crippen LogP contribution is 2.39. The van der Waals surface area contributed by atoms with Crippen molar-refractivity contribution in [2.24, 2.45) is 0 Å². The maximum absolute atomic E-state index is 13.3. The fourth-order valence-corrected chi connectivity index (χ4v) is 3.36. The molecule has 1 aliphatic heterocycles. The maximum atomic E-state index is 13.3. The number of benzene rings is 3. The summed E-state index contributed by atoms with van der Waals surface area (Å²) in [6.07, 6.45) is -2.94. The lowest BCUT2D eigenvalue weighted by Crippen LogP contribution is -2.06. The van der Waals surface area contributed by atoms with Crippen LogP contribution in [0.3, 0.4) is 0 Å². The van der Waals surface area contributed by atoms with Gasteiger partial charge in [0.05, 0.1) is 12.7 Å². The van der Waals surface area contributed by atoms with Gasteiger partial charge < -0.3 is 14.8 Å². The Balaban J connectivity index is 1.59. The van der Waals surface area contributed by atoms with Crippen molar-refractivity contribution in [1.29, 1.82) is 0 Å². The first-order valence-corrected chi connectivity index (χ1v) is 9.54. The highest BCUT2D eigenvalue weighted by Gasteiger charge is 2.33. The van der Waals surface area contributed by atoms with Gasteiger partial charge in [-0.2, -0.15) is 13.2 Å². The zero-order valence-corrected chi connectivity index (χ0v) is 16.8. The number of amides is 1. The van der Waals surface area contributed by atoms with Crippen LogP contribution in [0.15, 0.2) is 60.7 Å². The Hall–Kier alpha value is -3.81. The number of methoxy groups -OCH3 is 1. The molecule has 3 aromatic rings. The van der Waals surface area contributed by atoms with E-state index in [1.54, 1.807) is 36.4 Å². The Kier molecular flexibility index (Phi) is 5.61. The first kappa shape index (κ1) is 21.4. The van der Waals surface area contributed by atoms with E-state index in [0.717, 1.165) is 12.1 Å². The molecule has 0 saturated carbocycles. The van der Waals surface area contributed by atoms with Gasteiger partial charge in [0.25, 0.3) is 5.91 Å². The van der Waals surface area contributed by atoms with Crippen molar-refractivity contribution in [3.63, 3.8) is 0 Å². The number of fused-ring (bicyclic) bond motifs is 1. The molecule has 1 amide bonds. The van der Waals surface area contributed by atoms with Crippen LogP contribution in [0.4, 0.5) is 23.2 Å². The average Bonchev–Trinajstić information content (AvgIpc) is 3.06. The summed E-state index contributed by atoms with van der Waals surface area (Å²) in [4.78, 5) is 12.4. The second-order valence-electron chi connectivity index (χ2n) is 7.10. The van der Waals surface area contributed by atoms with Gasteiger partial charge in [-0.1, -0.05) is 24.3 Å². The number of hydrogen-bond acceptors (Lipinski definition) is 3. The van der Waals surface area contributed by atoms with Crippen LogP contribution in [0.5, 0.6) is 11.5 Å². The van der Waals surface area contributed by atoms with Crippen molar-refractivity contribution in [1.82, 2.24) is 0 Å². The minimum Gasteiger partial charge on any atom is -0.493 e. The minimum atomic E-state index is -4.50. The molecule has 0 aliphatic carbocycles. The average molecular weight is 443 g/mol. The van der Waals surface area contributed by atoms with E-state index in [1.807, 2.05) is 0 Å². The molecule has 0 spiro atoms. The summed E-state index contributed by atoms with van der Waals surface area (Å²) >= 11 is 0.